The van der Waals surface area contributed by atoms with Gasteiger partial charge in [-0.1, -0.05) is 18.9 Å². The summed E-state index contributed by atoms with van der Waals surface area (Å²) in [5.41, 5.74) is 0. The molecule has 0 aliphatic heterocycles. The normalized spacial score (nSPS) is 17.2. The van der Waals surface area contributed by atoms with E-state index in [-0.39, 0.29) is 5.91 Å². The summed E-state index contributed by atoms with van der Waals surface area (Å²) in [7, 11) is 0. The quantitative estimate of drug-likeness (QED) is 0.542. The summed E-state index contributed by atoms with van der Waals surface area (Å²) in [6.45, 7) is 3.61. The Hall–Kier alpha value is -0.440. The Balaban J connectivity index is 2.05. The molecule has 1 aliphatic carbocycles. The molecule has 1 aliphatic rings. The fraction of sp³-hybridized carbons (Fsp3) is 0.700. The third-order valence-corrected chi connectivity index (χ3v) is 3.13. The fourth-order valence-electron chi connectivity index (χ4n) is 1.57. The summed E-state index contributed by atoms with van der Waals surface area (Å²) in [6, 6.07) is 0.455. The van der Waals surface area contributed by atoms with Crippen molar-refractivity contribution in [1.82, 2.24) is 5.32 Å². The molecule has 0 bridgehead atoms. The van der Waals surface area contributed by atoms with Gasteiger partial charge < -0.3 is 5.32 Å². The van der Waals surface area contributed by atoms with Gasteiger partial charge in [-0.05, 0) is 12.8 Å². The van der Waals surface area contributed by atoms with E-state index >= 15 is 0 Å². The molecule has 1 fully saturated rings. The molecule has 2 nitrogen and oxygen atoms in total. The highest BCUT2D eigenvalue weighted by molar-refractivity contribution is 8.00. The zero-order valence-electron chi connectivity index (χ0n) is 7.92. The van der Waals surface area contributed by atoms with Crippen LogP contribution < -0.4 is 5.32 Å². The average Bonchev–Trinajstić information content (AvgIpc) is 2.57. The second-order valence-electron chi connectivity index (χ2n) is 3.35. The van der Waals surface area contributed by atoms with Gasteiger partial charge in [0.05, 0.1) is 5.75 Å². The maximum absolute atomic E-state index is 11.3. The summed E-state index contributed by atoms with van der Waals surface area (Å²) in [5.74, 6) is 1.61. The van der Waals surface area contributed by atoms with E-state index in [4.69, 9.17) is 0 Å². The minimum absolute atomic E-state index is 0.179. The minimum Gasteiger partial charge on any atom is -0.353 e. The molecule has 0 aromatic carbocycles. The topological polar surface area (TPSA) is 29.1 Å². The van der Waals surface area contributed by atoms with Gasteiger partial charge in [-0.15, -0.1) is 18.3 Å². The van der Waals surface area contributed by atoms with Crippen LogP contribution in [0.2, 0.25) is 0 Å². The molecule has 0 heterocycles. The van der Waals surface area contributed by atoms with Gasteiger partial charge >= 0.3 is 0 Å². The number of thioether (sulfide) groups is 1. The van der Waals surface area contributed by atoms with Gasteiger partial charge in [0.25, 0.3) is 0 Å². The van der Waals surface area contributed by atoms with Crippen molar-refractivity contribution >= 4 is 17.7 Å². The zero-order chi connectivity index (χ0) is 9.52. The van der Waals surface area contributed by atoms with Crippen LogP contribution in [0.3, 0.4) is 0 Å². The first-order chi connectivity index (χ1) is 6.33. The molecule has 0 aromatic rings. The van der Waals surface area contributed by atoms with Crippen molar-refractivity contribution in [2.45, 2.75) is 31.7 Å². The average molecular weight is 199 g/mol. The lowest BCUT2D eigenvalue weighted by Gasteiger charge is -2.10. The Morgan fingerprint density at radius 2 is 2.23 bits per heavy atom. The smallest absolute Gasteiger partial charge is 0.230 e. The van der Waals surface area contributed by atoms with E-state index in [0.717, 1.165) is 18.6 Å². The van der Waals surface area contributed by atoms with Crippen LogP contribution in [0, 0.1) is 0 Å². The first-order valence-corrected chi connectivity index (χ1v) is 5.96. The predicted molar refractivity (Wildman–Crippen MR) is 57.9 cm³/mol. The van der Waals surface area contributed by atoms with Crippen LogP contribution in [-0.2, 0) is 4.79 Å². The highest BCUT2D eigenvalue weighted by Gasteiger charge is 2.16. The lowest BCUT2D eigenvalue weighted by molar-refractivity contribution is -0.119. The van der Waals surface area contributed by atoms with Crippen molar-refractivity contribution < 1.29 is 4.79 Å². The van der Waals surface area contributed by atoms with Gasteiger partial charge in [0.15, 0.2) is 0 Å². The van der Waals surface area contributed by atoms with E-state index in [1.54, 1.807) is 11.8 Å². The lowest BCUT2D eigenvalue weighted by Crippen LogP contribution is -2.33. The molecule has 0 radical (unpaired) electrons. The third kappa shape index (κ3) is 4.36. The molecule has 1 N–H and O–H groups in total. The van der Waals surface area contributed by atoms with E-state index < -0.39 is 0 Å². The Labute approximate surface area is 84.2 Å². The molecule has 74 valence electrons. The van der Waals surface area contributed by atoms with E-state index in [1.807, 2.05) is 6.08 Å². The van der Waals surface area contributed by atoms with Crippen LogP contribution in [0.25, 0.3) is 0 Å². The summed E-state index contributed by atoms with van der Waals surface area (Å²) < 4.78 is 0. The molecule has 0 aromatic heterocycles. The number of nitrogens with one attached hydrogen (secondary N) is 1. The highest BCUT2D eigenvalue weighted by Crippen LogP contribution is 2.17. The van der Waals surface area contributed by atoms with Crippen molar-refractivity contribution in [2.24, 2.45) is 0 Å². The van der Waals surface area contributed by atoms with Crippen LogP contribution in [-0.4, -0.2) is 23.5 Å². The van der Waals surface area contributed by atoms with Crippen molar-refractivity contribution in [1.29, 1.82) is 0 Å². The van der Waals surface area contributed by atoms with E-state index in [2.05, 4.69) is 11.9 Å². The van der Waals surface area contributed by atoms with Crippen molar-refractivity contribution in [3.05, 3.63) is 12.7 Å². The maximum atomic E-state index is 11.3. The van der Waals surface area contributed by atoms with Crippen molar-refractivity contribution in [3.63, 3.8) is 0 Å². The standard InChI is InChI=1S/C10H17NOS/c1-2-7-13-8-10(12)11-9-5-3-4-6-9/h2,9H,1,3-8H2,(H,11,12). The molecule has 0 unspecified atom stereocenters. The maximum Gasteiger partial charge on any atom is 0.230 e. The molecule has 0 saturated heterocycles. The summed E-state index contributed by atoms with van der Waals surface area (Å²) in [5, 5.41) is 3.04. The fourth-order valence-corrected chi connectivity index (χ4v) is 2.13. The molecule has 0 spiro atoms. The van der Waals surface area contributed by atoms with E-state index in [0.29, 0.717) is 11.8 Å². The number of hydrogen-bond acceptors (Lipinski definition) is 2. The molecule has 3 heteroatoms. The molecule has 13 heavy (non-hydrogen) atoms. The summed E-state index contributed by atoms with van der Waals surface area (Å²) >= 11 is 1.61. The van der Waals surface area contributed by atoms with Crippen LogP contribution in [0.1, 0.15) is 25.7 Å². The molecule has 1 rings (SSSR count). The van der Waals surface area contributed by atoms with Crippen LogP contribution in [0.5, 0.6) is 0 Å². The Morgan fingerprint density at radius 1 is 1.54 bits per heavy atom. The van der Waals surface area contributed by atoms with Crippen molar-refractivity contribution in [3.8, 4) is 0 Å². The Morgan fingerprint density at radius 3 is 2.85 bits per heavy atom. The molecular weight excluding hydrogens is 182 g/mol. The second-order valence-corrected chi connectivity index (χ2v) is 4.38. The number of amides is 1. The predicted octanol–water partition coefficient (Wildman–Crippen LogP) is 1.96. The van der Waals surface area contributed by atoms with Gasteiger partial charge in [0.1, 0.15) is 0 Å². The summed E-state index contributed by atoms with van der Waals surface area (Å²) in [4.78, 5) is 11.3. The van der Waals surface area contributed by atoms with Gasteiger partial charge in [-0.3, -0.25) is 4.79 Å². The monoisotopic (exact) mass is 199 g/mol. The molecular formula is C10H17NOS. The molecule has 1 saturated carbocycles. The largest absolute Gasteiger partial charge is 0.353 e. The second kappa shape index (κ2) is 6.08. The van der Waals surface area contributed by atoms with Gasteiger partial charge in [-0.25, -0.2) is 0 Å². The first-order valence-electron chi connectivity index (χ1n) is 4.81. The SMILES string of the molecule is C=CCSCC(=O)NC1CCCC1. The molecule has 1 amide bonds. The number of carbonyl (C=O) groups is 1. The highest BCUT2D eigenvalue weighted by atomic mass is 32.2. The van der Waals surface area contributed by atoms with Crippen LogP contribution in [0.4, 0.5) is 0 Å². The van der Waals surface area contributed by atoms with Gasteiger partial charge in [0.2, 0.25) is 5.91 Å². The van der Waals surface area contributed by atoms with Gasteiger partial charge in [0, 0.05) is 11.8 Å². The number of carbonyl (C=O) groups excluding carboxylic acids is 1. The minimum atomic E-state index is 0.179. The van der Waals surface area contributed by atoms with E-state index in [9.17, 15) is 4.79 Å². The third-order valence-electron chi connectivity index (χ3n) is 2.19. The van der Waals surface area contributed by atoms with Crippen LogP contribution in [0.15, 0.2) is 12.7 Å². The molecule has 0 atom stereocenters. The number of rotatable bonds is 5. The van der Waals surface area contributed by atoms with Gasteiger partial charge in [-0.2, -0.15) is 0 Å². The number of hydrogen-bond donors (Lipinski definition) is 1. The summed E-state index contributed by atoms with van der Waals surface area (Å²) in [6.07, 6.45) is 6.69. The Kier molecular flexibility index (Phi) is 4.98. The van der Waals surface area contributed by atoms with Crippen molar-refractivity contribution in [2.75, 3.05) is 11.5 Å². The lowest BCUT2D eigenvalue weighted by atomic mass is 10.2. The zero-order valence-corrected chi connectivity index (χ0v) is 8.74. The van der Waals surface area contributed by atoms with Crippen LogP contribution >= 0.6 is 11.8 Å². The Bertz CT molecular complexity index is 176. The first kappa shape index (κ1) is 10.6. The van der Waals surface area contributed by atoms with E-state index in [1.165, 1.54) is 12.8 Å².